The molecule has 1 fully saturated rings. The molecule has 0 aliphatic heterocycles. The third-order valence-electron chi connectivity index (χ3n) is 7.98. The predicted molar refractivity (Wildman–Crippen MR) is 186 cm³/mol. The van der Waals surface area contributed by atoms with Gasteiger partial charge in [-0.1, -0.05) is 18.9 Å². The Balaban J connectivity index is 1.28. The maximum atomic E-state index is 13.0. The molecule has 260 valence electrons. The van der Waals surface area contributed by atoms with Gasteiger partial charge in [0.2, 0.25) is 0 Å². The topological polar surface area (TPSA) is 180 Å². The highest BCUT2D eigenvalue weighted by Crippen LogP contribution is 2.31. The lowest BCUT2D eigenvalue weighted by Crippen LogP contribution is -2.49. The van der Waals surface area contributed by atoms with Gasteiger partial charge in [-0.25, -0.2) is 14.8 Å². The minimum absolute atomic E-state index is 0.0762. The van der Waals surface area contributed by atoms with Crippen LogP contribution >= 0.6 is 0 Å². The largest absolute Gasteiger partial charge is 0.444 e. The number of aromatic nitrogens is 4. The van der Waals surface area contributed by atoms with Gasteiger partial charge in [-0.3, -0.25) is 4.79 Å². The lowest BCUT2D eigenvalue weighted by Gasteiger charge is -2.33. The van der Waals surface area contributed by atoms with Gasteiger partial charge >= 0.3 is 6.09 Å². The van der Waals surface area contributed by atoms with Crippen LogP contribution in [0.5, 0.6) is 0 Å². The summed E-state index contributed by atoms with van der Waals surface area (Å²) in [5.74, 6) is 0.939. The number of ether oxygens (including phenoxy) is 4. The van der Waals surface area contributed by atoms with E-state index in [-0.39, 0.29) is 17.6 Å². The Bertz CT molecular complexity index is 1700. The number of anilines is 3. The molecule has 14 heteroatoms. The van der Waals surface area contributed by atoms with Gasteiger partial charge in [0, 0.05) is 42.5 Å². The monoisotopic (exact) mass is 664 g/mol. The molecule has 5 rings (SSSR count). The van der Waals surface area contributed by atoms with Crippen molar-refractivity contribution >= 4 is 45.2 Å². The molecule has 0 bridgehead atoms. The van der Waals surface area contributed by atoms with E-state index in [0.717, 1.165) is 42.3 Å². The summed E-state index contributed by atoms with van der Waals surface area (Å²) in [5, 5.41) is 11.3. The maximum Gasteiger partial charge on any atom is 0.407 e. The number of nitrogens with one attached hydrogen (secondary N) is 4. The van der Waals surface area contributed by atoms with Crippen LogP contribution in [0.15, 0.2) is 47.7 Å². The van der Waals surface area contributed by atoms with Crippen molar-refractivity contribution in [1.82, 2.24) is 24.8 Å². The average molecular weight is 665 g/mol. The van der Waals surface area contributed by atoms with E-state index in [1.54, 1.807) is 6.07 Å². The van der Waals surface area contributed by atoms with E-state index < -0.39 is 11.7 Å². The number of pyridine rings is 1. The van der Waals surface area contributed by atoms with E-state index in [1.807, 2.05) is 51.2 Å². The lowest BCUT2D eigenvalue weighted by molar-refractivity contribution is 0.0147. The molecule has 1 aliphatic rings. The molecule has 0 radical (unpaired) electrons. The van der Waals surface area contributed by atoms with Crippen LogP contribution in [0.25, 0.3) is 21.8 Å². The van der Waals surface area contributed by atoms with Crippen LogP contribution in [0.2, 0.25) is 0 Å². The van der Waals surface area contributed by atoms with Gasteiger partial charge in [0.05, 0.1) is 63.0 Å². The van der Waals surface area contributed by atoms with Gasteiger partial charge in [0.15, 0.2) is 0 Å². The molecule has 0 spiro atoms. The van der Waals surface area contributed by atoms with E-state index in [0.29, 0.717) is 75.3 Å². The number of H-pyrrole nitrogens is 1. The standard InChI is InChI=1S/C34H48N8O6/c1-34(2,3)48-33(44)40-26-8-5-4-7-25(26)38-29-21-27-30(32(43)37-22-36-27)31(41-29)39-24-9-6-10-28-23(24)11-13-42(28)14-16-46-18-20-47-19-17-45-15-12-35/h6,9-11,13,21-22,25-26H,4-5,7-8,12,14-20,35H2,1-3H3,(H,40,44)(H,36,37,43)(H2,38,39,41)/t25-,26+/m1/s1. The fourth-order valence-electron chi connectivity index (χ4n) is 5.82. The molecule has 0 saturated heterocycles. The number of carbonyl (C=O) groups is 1. The number of amides is 1. The molecule has 2 atom stereocenters. The van der Waals surface area contributed by atoms with Crippen molar-refractivity contribution in [3.63, 3.8) is 0 Å². The van der Waals surface area contributed by atoms with Crippen LogP contribution in [-0.4, -0.2) is 89.5 Å². The molecule has 48 heavy (non-hydrogen) atoms. The van der Waals surface area contributed by atoms with Gasteiger partial charge in [-0.15, -0.1) is 0 Å². The van der Waals surface area contributed by atoms with E-state index in [1.165, 1.54) is 6.33 Å². The number of hydrogen-bond acceptors (Lipinski definition) is 11. The Kier molecular flexibility index (Phi) is 12.2. The van der Waals surface area contributed by atoms with Crippen molar-refractivity contribution in [3.8, 4) is 0 Å². The number of benzene rings is 1. The first-order chi connectivity index (χ1) is 23.2. The van der Waals surface area contributed by atoms with Crippen molar-refractivity contribution < 1.29 is 23.7 Å². The number of hydrogen-bond donors (Lipinski definition) is 5. The summed E-state index contributed by atoms with van der Waals surface area (Å²) in [6.45, 7) is 9.79. The van der Waals surface area contributed by atoms with E-state index in [2.05, 4.69) is 30.5 Å². The van der Waals surface area contributed by atoms with Crippen molar-refractivity contribution in [3.05, 3.63) is 53.2 Å². The first kappa shape index (κ1) is 35.1. The number of alkyl carbamates (subject to hydrolysis) is 1. The van der Waals surface area contributed by atoms with Crippen molar-refractivity contribution in [1.29, 1.82) is 0 Å². The van der Waals surface area contributed by atoms with Gasteiger partial charge in [0.1, 0.15) is 22.6 Å². The summed E-state index contributed by atoms with van der Waals surface area (Å²) < 4.78 is 24.2. The van der Waals surface area contributed by atoms with Gasteiger partial charge in [-0.05, 0) is 51.8 Å². The number of nitrogens with zero attached hydrogens (tertiary/aromatic N) is 3. The zero-order valence-corrected chi connectivity index (χ0v) is 28.0. The molecule has 0 unspecified atom stereocenters. The molecule has 1 aromatic carbocycles. The van der Waals surface area contributed by atoms with E-state index >= 15 is 0 Å². The van der Waals surface area contributed by atoms with Gasteiger partial charge in [0.25, 0.3) is 5.56 Å². The second-order valence-electron chi connectivity index (χ2n) is 12.8. The molecule has 6 N–H and O–H groups in total. The second-order valence-corrected chi connectivity index (χ2v) is 12.8. The number of carbonyl (C=O) groups excluding carboxylic acids is 1. The summed E-state index contributed by atoms with van der Waals surface area (Å²) >= 11 is 0. The minimum Gasteiger partial charge on any atom is -0.444 e. The highest BCUT2D eigenvalue weighted by molar-refractivity contribution is 5.98. The first-order valence-electron chi connectivity index (χ1n) is 16.6. The number of rotatable bonds is 16. The third kappa shape index (κ3) is 9.66. The molecule has 4 aromatic rings. The van der Waals surface area contributed by atoms with Gasteiger partial charge < -0.3 is 50.2 Å². The number of fused-ring (bicyclic) bond motifs is 2. The summed E-state index contributed by atoms with van der Waals surface area (Å²) in [7, 11) is 0. The van der Waals surface area contributed by atoms with Crippen LogP contribution in [0.4, 0.5) is 22.1 Å². The molecule has 1 saturated carbocycles. The van der Waals surface area contributed by atoms with Crippen LogP contribution in [0.3, 0.4) is 0 Å². The fourth-order valence-corrected chi connectivity index (χ4v) is 5.82. The van der Waals surface area contributed by atoms with Crippen LogP contribution in [0.1, 0.15) is 46.5 Å². The molecule has 1 aliphatic carbocycles. The van der Waals surface area contributed by atoms with Crippen molar-refractivity contribution in [2.75, 3.05) is 56.8 Å². The smallest absolute Gasteiger partial charge is 0.407 e. The van der Waals surface area contributed by atoms with Crippen LogP contribution < -0.4 is 27.2 Å². The van der Waals surface area contributed by atoms with Crippen LogP contribution in [-0.2, 0) is 25.5 Å². The Labute approximate surface area is 280 Å². The van der Waals surface area contributed by atoms with Crippen molar-refractivity contribution in [2.24, 2.45) is 5.73 Å². The van der Waals surface area contributed by atoms with E-state index in [9.17, 15) is 9.59 Å². The maximum absolute atomic E-state index is 13.0. The average Bonchev–Trinajstić information content (AvgIpc) is 3.46. The summed E-state index contributed by atoms with van der Waals surface area (Å²) in [5.41, 5.74) is 6.84. The third-order valence-corrected chi connectivity index (χ3v) is 7.98. The quantitative estimate of drug-likeness (QED) is 0.108. The summed E-state index contributed by atoms with van der Waals surface area (Å²) in [6, 6.07) is 9.55. The Hall–Kier alpha value is -4.24. The highest BCUT2D eigenvalue weighted by atomic mass is 16.6. The molecule has 14 nitrogen and oxygen atoms in total. The molecule has 1 amide bonds. The van der Waals surface area contributed by atoms with E-state index in [4.69, 9.17) is 29.7 Å². The minimum atomic E-state index is -0.589. The first-order valence-corrected chi connectivity index (χ1v) is 16.6. The normalized spacial score (nSPS) is 16.7. The SMILES string of the molecule is CC(C)(C)OC(=O)N[C@H]1CCCC[C@H]1Nc1cc2nc[nH]c(=O)c2c(Nc2cccc3c2ccn3CCOCCOCCOCCN)n1. The summed E-state index contributed by atoms with van der Waals surface area (Å²) in [6.07, 6.45) is 6.65. The second kappa shape index (κ2) is 16.7. The van der Waals surface area contributed by atoms with Crippen LogP contribution in [0, 0.1) is 0 Å². The summed E-state index contributed by atoms with van der Waals surface area (Å²) in [4.78, 5) is 37.6. The highest BCUT2D eigenvalue weighted by Gasteiger charge is 2.29. The Morgan fingerprint density at radius 3 is 2.50 bits per heavy atom. The predicted octanol–water partition coefficient (Wildman–Crippen LogP) is 4.27. The lowest BCUT2D eigenvalue weighted by atomic mass is 9.90. The zero-order chi connectivity index (χ0) is 33.9. The molecule has 3 aromatic heterocycles. The fraction of sp³-hybridized carbons (Fsp3) is 0.529. The Morgan fingerprint density at radius 1 is 1.02 bits per heavy atom. The molecular formula is C34H48N8O6. The Morgan fingerprint density at radius 2 is 1.75 bits per heavy atom. The van der Waals surface area contributed by atoms with Gasteiger partial charge in [-0.2, -0.15) is 0 Å². The number of aromatic amines is 1. The van der Waals surface area contributed by atoms with Crippen molar-refractivity contribution in [2.45, 2.75) is 70.7 Å². The molecule has 3 heterocycles. The number of nitrogens with two attached hydrogens (primary N) is 1. The molecular weight excluding hydrogens is 616 g/mol. The zero-order valence-electron chi connectivity index (χ0n) is 28.0.